The number of pyridine rings is 1. The Hall–Kier alpha value is -3.95. The van der Waals surface area contributed by atoms with Crippen molar-refractivity contribution in [1.82, 2.24) is 15.2 Å². The highest BCUT2D eigenvalue weighted by atomic mass is 16.5. The third kappa shape index (κ3) is 7.03. The molecule has 1 amide bonds. The number of amides is 1. The van der Waals surface area contributed by atoms with Crippen LogP contribution in [0.25, 0.3) is 0 Å². The molecular weight excluding hydrogens is 458 g/mol. The van der Waals surface area contributed by atoms with Crippen molar-refractivity contribution in [1.29, 1.82) is 0 Å². The van der Waals surface area contributed by atoms with Gasteiger partial charge in [0.25, 0.3) is 5.91 Å². The van der Waals surface area contributed by atoms with E-state index in [1.54, 1.807) is 38.7 Å². The molecule has 188 valence electrons. The summed E-state index contributed by atoms with van der Waals surface area (Å²) < 4.78 is 16.1. The Balaban J connectivity index is 1.47. The number of hydrogen-bond acceptors (Lipinski definition) is 7. The van der Waals surface area contributed by atoms with Crippen LogP contribution in [0.3, 0.4) is 0 Å². The first kappa shape index (κ1) is 25.2. The zero-order chi connectivity index (χ0) is 25.2. The van der Waals surface area contributed by atoms with Crippen molar-refractivity contribution in [2.24, 2.45) is 4.99 Å². The number of rotatable bonds is 8. The van der Waals surface area contributed by atoms with Crippen LogP contribution in [-0.4, -0.2) is 62.3 Å². The molecule has 1 saturated heterocycles. The predicted octanol–water partition coefficient (Wildman–Crippen LogP) is 3.33. The highest BCUT2D eigenvalue weighted by Crippen LogP contribution is 2.29. The molecule has 36 heavy (non-hydrogen) atoms. The van der Waals surface area contributed by atoms with Crippen LogP contribution in [0.5, 0.6) is 11.5 Å². The summed E-state index contributed by atoms with van der Waals surface area (Å²) in [6.07, 6.45) is 3.42. The van der Waals surface area contributed by atoms with E-state index >= 15 is 0 Å². The van der Waals surface area contributed by atoms with Crippen molar-refractivity contribution in [3.05, 3.63) is 83.7 Å². The van der Waals surface area contributed by atoms with Crippen molar-refractivity contribution >= 4 is 17.6 Å². The molecule has 2 N–H and O–H groups in total. The first-order chi connectivity index (χ1) is 17.6. The normalized spacial score (nSPS) is 14.2. The average molecular weight is 490 g/mol. The van der Waals surface area contributed by atoms with Crippen molar-refractivity contribution in [2.45, 2.75) is 13.1 Å². The van der Waals surface area contributed by atoms with Gasteiger partial charge in [0.15, 0.2) is 11.5 Å². The van der Waals surface area contributed by atoms with Crippen molar-refractivity contribution in [3.63, 3.8) is 0 Å². The Bertz CT molecular complexity index is 1160. The first-order valence-electron chi connectivity index (χ1n) is 11.8. The summed E-state index contributed by atoms with van der Waals surface area (Å²) in [5, 5.41) is 6.09. The minimum absolute atomic E-state index is 0.255. The molecule has 0 atom stereocenters. The van der Waals surface area contributed by atoms with Gasteiger partial charge < -0.3 is 19.5 Å². The lowest BCUT2D eigenvalue weighted by Gasteiger charge is -2.26. The zero-order valence-corrected chi connectivity index (χ0v) is 20.6. The smallest absolute Gasteiger partial charge is 0.257 e. The predicted molar refractivity (Wildman–Crippen MR) is 139 cm³/mol. The van der Waals surface area contributed by atoms with Gasteiger partial charge in [-0.05, 0) is 47.5 Å². The number of ether oxygens (including phenoxy) is 3. The summed E-state index contributed by atoms with van der Waals surface area (Å²) in [6, 6.07) is 16.8. The number of guanidine groups is 1. The van der Waals surface area contributed by atoms with Crippen LogP contribution in [0.2, 0.25) is 0 Å². The summed E-state index contributed by atoms with van der Waals surface area (Å²) in [5.74, 6) is 1.24. The lowest BCUT2D eigenvalue weighted by atomic mass is 10.1. The molecule has 3 aromatic rings. The Morgan fingerprint density at radius 1 is 0.972 bits per heavy atom. The third-order valence-corrected chi connectivity index (χ3v) is 5.77. The van der Waals surface area contributed by atoms with Gasteiger partial charge >= 0.3 is 0 Å². The van der Waals surface area contributed by atoms with E-state index in [4.69, 9.17) is 14.2 Å². The van der Waals surface area contributed by atoms with Gasteiger partial charge in [0, 0.05) is 49.3 Å². The minimum atomic E-state index is -0.255. The van der Waals surface area contributed by atoms with Crippen molar-refractivity contribution in [3.8, 4) is 11.5 Å². The number of aliphatic imine (C=N–C) groups is 1. The molecule has 9 heteroatoms. The quantitative estimate of drug-likeness (QED) is 0.370. The number of nitrogens with one attached hydrogen (secondary N) is 2. The maximum absolute atomic E-state index is 13.1. The molecule has 2 aromatic carbocycles. The molecule has 0 aliphatic carbocycles. The second-order valence-corrected chi connectivity index (χ2v) is 8.25. The molecule has 0 radical (unpaired) electrons. The lowest BCUT2D eigenvalue weighted by Crippen LogP contribution is -2.36. The number of aromatic nitrogens is 1. The van der Waals surface area contributed by atoms with E-state index in [-0.39, 0.29) is 5.91 Å². The Morgan fingerprint density at radius 2 is 1.69 bits per heavy atom. The SMILES string of the molecule is COc1ccc(NC(=NCc2ccncc2)NC(=O)c2ccc(CN3CCOCC3)cc2)cc1OC. The molecule has 9 nitrogen and oxygen atoms in total. The van der Waals surface area contributed by atoms with Gasteiger partial charge in [-0.1, -0.05) is 12.1 Å². The number of benzene rings is 2. The monoisotopic (exact) mass is 489 g/mol. The second-order valence-electron chi connectivity index (χ2n) is 8.25. The molecule has 2 heterocycles. The molecule has 0 saturated carbocycles. The lowest BCUT2D eigenvalue weighted by molar-refractivity contribution is 0.0342. The molecule has 1 fully saturated rings. The molecule has 1 aromatic heterocycles. The maximum atomic E-state index is 13.1. The van der Waals surface area contributed by atoms with E-state index < -0.39 is 0 Å². The van der Waals surface area contributed by atoms with Crippen LogP contribution >= 0.6 is 0 Å². The summed E-state index contributed by atoms with van der Waals surface area (Å²) >= 11 is 0. The number of anilines is 1. The van der Waals surface area contributed by atoms with Gasteiger partial charge in [-0.15, -0.1) is 0 Å². The first-order valence-corrected chi connectivity index (χ1v) is 11.8. The summed E-state index contributed by atoms with van der Waals surface area (Å²) in [5.41, 5.74) is 3.37. The summed E-state index contributed by atoms with van der Waals surface area (Å²) in [4.78, 5) is 24.1. The standard InChI is InChI=1S/C27H31N5O4/c1-34-24-8-7-23(17-25(24)35-2)30-27(29-18-20-9-11-28-12-10-20)31-26(33)22-5-3-21(4-6-22)19-32-13-15-36-16-14-32/h3-12,17H,13-16,18-19H2,1-2H3,(H2,29,30,31,33). The van der Waals surface area contributed by atoms with Gasteiger partial charge in [-0.25, -0.2) is 4.99 Å². The Labute approximate surface area is 211 Å². The number of carbonyl (C=O) groups excluding carboxylic acids is 1. The minimum Gasteiger partial charge on any atom is -0.493 e. The van der Waals surface area contributed by atoms with E-state index in [1.807, 2.05) is 42.5 Å². The Morgan fingerprint density at radius 3 is 2.39 bits per heavy atom. The fraction of sp³-hybridized carbons (Fsp3) is 0.296. The largest absolute Gasteiger partial charge is 0.493 e. The van der Waals surface area contributed by atoms with Gasteiger partial charge in [-0.3, -0.25) is 20.0 Å². The van der Waals surface area contributed by atoms with Crippen LogP contribution < -0.4 is 20.1 Å². The summed E-state index contributed by atoms with van der Waals surface area (Å²) in [7, 11) is 3.16. The van der Waals surface area contributed by atoms with Crippen LogP contribution in [0, 0.1) is 0 Å². The van der Waals surface area contributed by atoms with Gasteiger partial charge in [-0.2, -0.15) is 0 Å². The van der Waals surface area contributed by atoms with Crippen LogP contribution in [0.4, 0.5) is 5.69 Å². The zero-order valence-electron chi connectivity index (χ0n) is 20.6. The Kier molecular flexibility index (Phi) is 8.85. The fourth-order valence-electron chi connectivity index (χ4n) is 3.78. The topological polar surface area (TPSA) is 97.3 Å². The highest BCUT2D eigenvalue weighted by molar-refractivity contribution is 6.10. The fourth-order valence-corrected chi connectivity index (χ4v) is 3.78. The molecule has 1 aliphatic heterocycles. The third-order valence-electron chi connectivity index (χ3n) is 5.77. The van der Waals surface area contributed by atoms with Gasteiger partial charge in [0.2, 0.25) is 5.96 Å². The number of nitrogens with zero attached hydrogens (tertiary/aromatic N) is 3. The van der Waals surface area contributed by atoms with Gasteiger partial charge in [0.1, 0.15) is 0 Å². The van der Waals surface area contributed by atoms with Crippen molar-refractivity contribution < 1.29 is 19.0 Å². The molecule has 0 unspecified atom stereocenters. The molecule has 0 bridgehead atoms. The average Bonchev–Trinajstić information content (AvgIpc) is 2.93. The molecule has 4 rings (SSSR count). The van der Waals surface area contributed by atoms with E-state index in [9.17, 15) is 4.79 Å². The second kappa shape index (κ2) is 12.7. The van der Waals surface area contributed by atoms with E-state index in [0.29, 0.717) is 35.3 Å². The van der Waals surface area contributed by atoms with E-state index in [0.717, 1.165) is 44.0 Å². The van der Waals surface area contributed by atoms with E-state index in [1.165, 1.54) is 0 Å². The van der Waals surface area contributed by atoms with E-state index in [2.05, 4.69) is 25.5 Å². The molecule has 0 spiro atoms. The molecular formula is C27H31N5O4. The maximum Gasteiger partial charge on any atom is 0.257 e. The van der Waals surface area contributed by atoms with Crippen LogP contribution in [-0.2, 0) is 17.8 Å². The number of carbonyl (C=O) groups is 1. The number of hydrogen-bond donors (Lipinski definition) is 2. The number of methoxy groups -OCH3 is 2. The molecule has 1 aliphatic rings. The van der Waals surface area contributed by atoms with Crippen LogP contribution in [0.1, 0.15) is 21.5 Å². The van der Waals surface area contributed by atoms with Crippen LogP contribution in [0.15, 0.2) is 72.0 Å². The summed E-state index contributed by atoms with van der Waals surface area (Å²) in [6.45, 7) is 4.56. The highest BCUT2D eigenvalue weighted by Gasteiger charge is 2.13. The van der Waals surface area contributed by atoms with Gasteiger partial charge in [0.05, 0.1) is 34.0 Å². The van der Waals surface area contributed by atoms with Crippen molar-refractivity contribution in [2.75, 3.05) is 45.8 Å². The number of morpholine rings is 1.